The maximum atomic E-state index is 9.79. The number of fused-ring (bicyclic) bond motifs is 5. The summed E-state index contributed by atoms with van der Waals surface area (Å²) >= 11 is 0. The Bertz CT molecular complexity index is 1490. The summed E-state index contributed by atoms with van der Waals surface area (Å²) in [6.07, 6.45) is 5.84. The van der Waals surface area contributed by atoms with Crippen LogP contribution in [0.25, 0.3) is 34.2 Å². The first-order valence-electron chi connectivity index (χ1n) is 13.0. The average Bonchev–Trinajstić information content (AvgIpc) is 3.65. The molecule has 0 aliphatic carbocycles. The molecule has 200 valence electrons. The zero-order chi connectivity index (χ0) is 26.4. The number of benzene rings is 1. The molecule has 5 heterocycles. The van der Waals surface area contributed by atoms with Crippen LogP contribution in [-0.2, 0) is 20.1 Å². The number of hydrogen-bond acceptors (Lipinski definition) is 8. The molecule has 2 atom stereocenters. The Morgan fingerprint density at radius 2 is 2.05 bits per heavy atom. The third-order valence-corrected chi connectivity index (χ3v) is 7.50. The van der Waals surface area contributed by atoms with Crippen LogP contribution in [0.5, 0.6) is 11.8 Å². The normalized spacial score (nSPS) is 21.0. The number of aromatic nitrogens is 6. The predicted molar refractivity (Wildman–Crippen MR) is 145 cm³/mol. The van der Waals surface area contributed by atoms with Gasteiger partial charge in [0.2, 0.25) is 11.8 Å². The maximum absolute atomic E-state index is 9.79. The second-order valence-corrected chi connectivity index (χ2v) is 10.1. The fraction of sp³-hybridized carbons (Fsp3) is 0.444. The Hall–Kier alpha value is -3.67. The number of likely N-dealkylation sites (tertiary alicyclic amines) is 1. The highest BCUT2D eigenvalue weighted by atomic mass is 16.5. The first kappa shape index (κ1) is 24.7. The molecule has 11 nitrogen and oxygen atoms in total. The molecule has 0 amide bonds. The molecule has 1 fully saturated rings. The van der Waals surface area contributed by atoms with Crippen molar-refractivity contribution >= 4 is 23.1 Å². The van der Waals surface area contributed by atoms with Crippen molar-refractivity contribution in [2.75, 3.05) is 40.4 Å². The number of nitrogens with one attached hydrogen (secondary N) is 1. The molecule has 4 aromatic rings. The van der Waals surface area contributed by atoms with Gasteiger partial charge in [0, 0.05) is 32.1 Å². The highest BCUT2D eigenvalue weighted by molar-refractivity contribution is 5.93. The molecule has 0 spiro atoms. The Kier molecular flexibility index (Phi) is 6.42. The summed E-state index contributed by atoms with van der Waals surface area (Å²) in [5.74, 6) is 1.31. The summed E-state index contributed by atoms with van der Waals surface area (Å²) in [7, 11) is 6.16. The van der Waals surface area contributed by atoms with Gasteiger partial charge >= 0.3 is 0 Å². The van der Waals surface area contributed by atoms with Crippen LogP contribution in [0.15, 0.2) is 24.4 Å². The van der Waals surface area contributed by atoms with E-state index in [-0.39, 0.29) is 18.8 Å². The summed E-state index contributed by atoms with van der Waals surface area (Å²) < 4.78 is 16.4. The van der Waals surface area contributed by atoms with Crippen LogP contribution in [0.2, 0.25) is 0 Å². The van der Waals surface area contributed by atoms with E-state index in [0.717, 1.165) is 58.0 Å². The van der Waals surface area contributed by atoms with Gasteiger partial charge in [-0.25, -0.2) is 4.68 Å². The first-order valence-corrected chi connectivity index (χ1v) is 13.0. The monoisotopic (exact) mass is 518 g/mol. The molecule has 6 rings (SSSR count). The van der Waals surface area contributed by atoms with E-state index in [1.165, 1.54) is 0 Å². The van der Waals surface area contributed by atoms with Gasteiger partial charge in [0.15, 0.2) is 0 Å². The maximum Gasteiger partial charge on any atom is 0.240 e. The van der Waals surface area contributed by atoms with Gasteiger partial charge in [0.1, 0.15) is 6.10 Å². The highest BCUT2D eigenvalue weighted by Crippen LogP contribution is 2.35. The SMILES string of the molecule is CCOc1nn(CCO)c2c1/C=C/c1n[nH]c3ccc(cc13)-c1cnn(C)c1O[C@H]1CN(C)C[C@@H]1N(C)C2. The minimum absolute atomic E-state index is 0.0128. The smallest absolute Gasteiger partial charge is 0.240 e. The number of hydrogen-bond donors (Lipinski definition) is 2. The molecule has 11 heteroatoms. The van der Waals surface area contributed by atoms with Gasteiger partial charge in [-0.15, -0.1) is 5.10 Å². The zero-order valence-electron chi connectivity index (χ0n) is 22.3. The van der Waals surface area contributed by atoms with Crippen molar-refractivity contribution in [1.82, 2.24) is 39.6 Å². The van der Waals surface area contributed by atoms with Gasteiger partial charge in [-0.05, 0) is 50.9 Å². The summed E-state index contributed by atoms with van der Waals surface area (Å²) in [5.41, 5.74) is 5.61. The fourth-order valence-electron chi connectivity index (χ4n) is 5.58. The number of rotatable bonds is 4. The number of H-pyrrole nitrogens is 1. The van der Waals surface area contributed by atoms with Crippen molar-refractivity contribution in [1.29, 1.82) is 0 Å². The van der Waals surface area contributed by atoms with E-state index in [4.69, 9.17) is 14.6 Å². The van der Waals surface area contributed by atoms with E-state index in [0.29, 0.717) is 25.6 Å². The molecule has 0 radical (unpaired) electrons. The van der Waals surface area contributed by atoms with E-state index < -0.39 is 0 Å². The van der Waals surface area contributed by atoms with Gasteiger partial charge in [0.25, 0.3) is 0 Å². The summed E-state index contributed by atoms with van der Waals surface area (Å²) in [6, 6.07) is 6.38. The minimum atomic E-state index is -0.0583. The lowest BCUT2D eigenvalue weighted by atomic mass is 10.1. The van der Waals surface area contributed by atoms with E-state index in [9.17, 15) is 5.11 Å². The third-order valence-electron chi connectivity index (χ3n) is 7.50. The number of likely N-dealkylation sites (N-methyl/N-ethyl adjacent to an activating group) is 2. The van der Waals surface area contributed by atoms with Crippen molar-refractivity contribution in [2.45, 2.75) is 32.2 Å². The Morgan fingerprint density at radius 3 is 2.87 bits per heavy atom. The van der Waals surface area contributed by atoms with Crippen LogP contribution in [-0.4, -0.2) is 97.2 Å². The van der Waals surface area contributed by atoms with E-state index in [1.54, 1.807) is 0 Å². The Balaban J connectivity index is 1.55. The molecule has 3 aromatic heterocycles. The van der Waals surface area contributed by atoms with E-state index in [1.807, 2.05) is 47.8 Å². The summed E-state index contributed by atoms with van der Waals surface area (Å²) in [6.45, 7) is 5.10. The van der Waals surface area contributed by atoms with Crippen molar-refractivity contribution in [3.05, 3.63) is 41.3 Å². The molecule has 1 saturated heterocycles. The molecule has 2 aliphatic rings. The largest absolute Gasteiger partial charge is 0.476 e. The van der Waals surface area contributed by atoms with E-state index >= 15 is 0 Å². The molecular formula is C27H34N8O3. The van der Waals surface area contributed by atoms with Crippen molar-refractivity contribution in [3.8, 4) is 22.9 Å². The Morgan fingerprint density at radius 1 is 1.18 bits per heavy atom. The number of aliphatic hydroxyl groups is 1. The van der Waals surface area contributed by atoms with Crippen LogP contribution in [0.4, 0.5) is 0 Å². The first-order chi connectivity index (χ1) is 18.5. The number of ether oxygens (including phenoxy) is 2. The number of aromatic amines is 1. The molecule has 2 N–H and O–H groups in total. The van der Waals surface area contributed by atoms with Crippen LogP contribution in [0.3, 0.4) is 0 Å². The van der Waals surface area contributed by atoms with Gasteiger partial charge in [-0.3, -0.25) is 14.7 Å². The van der Waals surface area contributed by atoms with Gasteiger partial charge in [-0.1, -0.05) is 6.07 Å². The topological polar surface area (TPSA) is 109 Å². The van der Waals surface area contributed by atoms with Crippen LogP contribution < -0.4 is 9.47 Å². The lowest BCUT2D eigenvalue weighted by molar-refractivity contribution is 0.104. The quantitative estimate of drug-likeness (QED) is 0.423. The molecule has 2 aliphatic heterocycles. The second kappa shape index (κ2) is 9.90. The van der Waals surface area contributed by atoms with Crippen molar-refractivity contribution < 1.29 is 14.6 Å². The Labute approximate surface area is 221 Å². The summed E-state index contributed by atoms with van der Waals surface area (Å²) in [4.78, 5) is 4.61. The number of aliphatic hydroxyl groups excluding tert-OH is 1. The second-order valence-electron chi connectivity index (χ2n) is 10.1. The zero-order valence-corrected chi connectivity index (χ0v) is 22.3. The van der Waals surface area contributed by atoms with Crippen molar-refractivity contribution in [2.24, 2.45) is 7.05 Å². The average molecular weight is 519 g/mol. The standard InChI is InChI=1S/C27H34N8O3/c1-5-37-26-18-7-9-22-19-12-17(6-8-21(19)29-30-22)20-13-28-34(4)27(20)38-25-16-32(2)14-24(25)33(3)15-23(18)35(31-26)10-11-36/h6-9,12-13,24-25,36H,5,10-11,14-16H2,1-4H3,(H,29,30)/b9-7+/t24-,25-/m0/s1. The van der Waals surface area contributed by atoms with Gasteiger partial charge in [0.05, 0.1) is 60.0 Å². The lowest BCUT2D eigenvalue weighted by Gasteiger charge is -2.29. The third kappa shape index (κ3) is 4.26. The molecule has 0 saturated carbocycles. The molecule has 38 heavy (non-hydrogen) atoms. The van der Waals surface area contributed by atoms with E-state index in [2.05, 4.69) is 51.3 Å². The molecule has 2 bridgehead atoms. The molecule has 0 unspecified atom stereocenters. The minimum Gasteiger partial charge on any atom is -0.476 e. The van der Waals surface area contributed by atoms with Gasteiger partial charge in [-0.2, -0.15) is 10.2 Å². The van der Waals surface area contributed by atoms with Crippen LogP contribution in [0.1, 0.15) is 23.9 Å². The molecular weight excluding hydrogens is 484 g/mol. The predicted octanol–water partition coefficient (Wildman–Crippen LogP) is 2.23. The number of aryl methyl sites for hydroxylation is 1. The summed E-state index contributed by atoms with van der Waals surface area (Å²) in [5, 5.41) is 27.8. The highest BCUT2D eigenvalue weighted by Gasteiger charge is 2.37. The van der Waals surface area contributed by atoms with Gasteiger partial charge < -0.3 is 19.5 Å². The lowest BCUT2D eigenvalue weighted by Crippen LogP contribution is -2.43. The molecule has 1 aromatic carbocycles. The van der Waals surface area contributed by atoms with Crippen LogP contribution in [0, 0.1) is 0 Å². The number of nitrogens with zero attached hydrogens (tertiary/aromatic N) is 7. The van der Waals surface area contributed by atoms with Crippen LogP contribution >= 0.6 is 0 Å². The fourth-order valence-corrected chi connectivity index (χ4v) is 5.58. The van der Waals surface area contributed by atoms with Crippen molar-refractivity contribution in [3.63, 3.8) is 0 Å².